The van der Waals surface area contributed by atoms with Gasteiger partial charge in [-0.1, -0.05) is 18.2 Å². The van der Waals surface area contributed by atoms with E-state index < -0.39 is 22.3 Å². The SMILES string of the molecule is CCOc1cc(/C=N\NC(=O)c2ccccc2)cc([N+](=O)[O-])c1[O-]. The topological polar surface area (TPSA) is 117 Å². The molecule has 0 spiro atoms. The summed E-state index contributed by atoms with van der Waals surface area (Å²) in [6.07, 6.45) is 1.20. The highest BCUT2D eigenvalue weighted by Gasteiger charge is 2.13. The standard InChI is InChI=1S/C16H15N3O5/c1-2-24-14-9-11(8-13(15(14)20)19(22)23)10-17-18-16(21)12-6-4-3-5-7-12/h3-10,20H,2H2,1H3,(H,18,21)/p-1/b17-10-. The molecule has 124 valence electrons. The molecule has 2 aromatic rings. The predicted octanol–water partition coefficient (Wildman–Crippen LogP) is 1.83. The highest BCUT2D eigenvalue weighted by atomic mass is 16.6. The maximum Gasteiger partial charge on any atom is 0.271 e. The molecule has 0 saturated carbocycles. The summed E-state index contributed by atoms with van der Waals surface area (Å²) in [4.78, 5) is 22.0. The molecule has 1 amide bonds. The molecule has 8 nitrogen and oxygen atoms in total. The van der Waals surface area contributed by atoms with Crippen LogP contribution in [0.25, 0.3) is 0 Å². The van der Waals surface area contributed by atoms with Crippen molar-refractivity contribution in [2.45, 2.75) is 6.92 Å². The molecule has 0 aromatic heterocycles. The molecule has 0 saturated heterocycles. The van der Waals surface area contributed by atoms with E-state index >= 15 is 0 Å². The largest absolute Gasteiger partial charge is 0.865 e. The van der Waals surface area contributed by atoms with E-state index in [-0.39, 0.29) is 17.9 Å². The molecule has 2 rings (SSSR count). The molecule has 0 aliphatic rings. The van der Waals surface area contributed by atoms with Crippen LogP contribution in [0.5, 0.6) is 11.5 Å². The Hall–Kier alpha value is -3.42. The smallest absolute Gasteiger partial charge is 0.271 e. The number of carbonyl (C=O) groups excluding carboxylic acids is 1. The fourth-order valence-electron chi connectivity index (χ4n) is 1.90. The zero-order chi connectivity index (χ0) is 17.5. The minimum absolute atomic E-state index is 0.137. The molecule has 2 aromatic carbocycles. The number of amides is 1. The first-order valence-electron chi connectivity index (χ1n) is 7.03. The Morgan fingerprint density at radius 1 is 1.33 bits per heavy atom. The lowest BCUT2D eigenvalue weighted by Gasteiger charge is -2.14. The van der Waals surface area contributed by atoms with Crippen LogP contribution in [-0.4, -0.2) is 23.7 Å². The quantitative estimate of drug-likeness (QED) is 0.493. The van der Waals surface area contributed by atoms with Gasteiger partial charge in [-0.2, -0.15) is 5.10 Å². The number of nitrogens with zero attached hydrogens (tertiary/aromatic N) is 2. The van der Waals surface area contributed by atoms with Crippen molar-refractivity contribution in [1.29, 1.82) is 0 Å². The fraction of sp³-hybridized carbons (Fsp3) is 0.125. The molecule has 24 heavy (non-hydrogen) atoms. The highest BCUT2D eigenvalue weighted by molar-refractivity contribution is 5.94. The van der Waals surface area contributed by atoms with Crippen LogP contribution in [0.2, 0.25) is 0 Å². The van der Waals surface area contributed by atoms with E-state index in [0.29, 0.717) is 5.56 Å². The number of carbonyl (C=O) groups is 1. The van der Waals surface area contributed by atoms with E-state index in [2.05, 4.69) is 10.5 Å². The Morgan fingerprint density at radius 2 is 2.04 bits per heavy atom. The minimum Gasteiger partial charge on any atom is -0.865 e. The van der Waals surface area contributed by atoms with Crippen molar-refractivity contribution in [3.63, 3.8) is 0 Å². The van der Waals surface area contributed by atoms with Gasteiger partial charge >= 0.3 is 0 Å². The molecule has 1 N–H and O–H groups in total. The molecule has 8 heteroatoms. The van der Waals surface area contributed by atoms with Crippen molar-refractivity contribution in [3.8, 4) is 11.5 Å². The Labute approximate surface area is 137 Å². The van der Waals surface area contributed by atoms with E-state index in [9.17, 15) is 20.0 Å². The van der Waals surface area contributed by atoms with Gasteiger partial charge < -0.3 is 9.84 Å². The Bertz CT molecular complexity index is 775. The van der Waals surface area contributed by atoms with Crippen molar-refractivity contribution in [1.82, 2.24) is 5.43 Å². The number of nitro benzene ring substituents is 1. The molecule has 0 aliphatic carbocycles. The second-order valence-electron chi connectivity index (χ2n) is 4.62. The van der Waals surface area contributed by atoms with Crippen LogP contribution in [0.4, 0.5) is 5.69 Å². The zero-order valence-corrected chi connectivity index (χ0v) is 12.8. The summed E-state index contributed by atoms with van der Waals surface area (Å²) in [7, 11) is 0. The van der Waals surface area contributed by atoms with Gasteiger partial charge in [-0.15, -0.1) is 0 Å². The molecular weight excluding hydrogens is 314 g/mol. The van der Waals surface area contributed by atoms with Crippen molar-refractivity contribution < 1.29 is 19.6 Å². The summed E-state index contributed by atoms with van der Waals surface area (Å²) in [5, 5.41) is 26.5. The maximum atomic E-state index is 11.8. The van der Waals surface area contributed by atoms with Gasteiger partial charge in [-0.25, -0.2) is 5.43 Å². The third-order valence-corrected chi connectivity index (χ3v) is 2.97. The Kier molecular flexibility index (Phi) is 5.45. The molecule has 0 fully saturated rings. The van der Waals surface area contributed by atoms with Crippen LogP contribution < -0.4 is 15.3 Å². The Balaban J connectivity index is 2.19. The lowest BCUT2D eigenvalue weighted by molar-refractivity contribution is -0.398. The van der Waals surface area contributed by atoms with Gasteiger partial charge in [0.25, 0.3) is 11.6 Å². The predicted molar refractivity (Wildman–Crippen MR) is 85.2 cm³/mol. The molecule has 0 heterocycles. The highest BCUT2D eigenvalue weighted by Crippen LogP contribution is 2.34. The lowest BCUT2D eigenvalue weighted by atomic mass is 10.2. The van der Waals surface area contributed by atoms with E-state index in [1.54, 1.807) is 37.3 Å². The Morgan fingerprint density at radius 3 is 2.67 bits per heavy atom. The second kappa shape index (κ2) is 7.73. The van der Waals surface area contributed by atoms with Crippen molar-refractivity contribution in [2.24, 2.45) is 5.10 Å². The normalized spacial score (nSPS) is 10.5. The average molecular weight is 328 g/mol. The van der Waals surface area contributed by atoms with Gasteiger partial charge in [0.15, 0.2) is 0 Å². The summed E-state index contributed by atoms with van der Waals surface area (Å²) >= 11 is 0. The molecular formula is C16H14N3O5-. The molecule has 0 unspecified atom stereocenters. The lowest BCUT2D eigenvalue weighted by Crippen LogP contribution is -2.17. The van der Waals surface area contributed by atoms with Crippen LogP contribution in [0.3, 0.4) is 0 Å². The number of nitrogens with one attached hydrogen (secondary N) is 1. The van der Waals surface area contributed by atoms with Gasteiger partial charge in [-0.05, 0) is 25.1 Å². The monoisotopic (exact) mass is 328 g/mol. The third-order valence-electron chi connectivity index (χ3n) is 2.97. The van der Waals surface area contributed by atoms with Crippen molar-refractivity contribution >= 4 is 17.8 Å². The summed E-state index contributed by atoms with van der Waals surface area (Å²) < 4.78 is 5.10. The molecule has 0 aliphatic heterocycles. The fourth-order valence-corrected chi connectivity index (χ4v) is 1.90. The summed E-state index contributed by atoms with van der Waals surface area (Å²) in [6, 6.07) is 10.8. The first kappa shape index (κ1) is 16.9. The summed E-state index contributed by atoms with van der Waals surface area (Å²) in [6.45, 7) is 1.85. The number of nitro groups is 1. The van der Waals surface area contributed by atoms with Gasteiger partial charge in [0.1, 0.15) is 5.75 Å². The molecule has 0 atom stereocenters. The maximum absolute atomic E-state index is 11.8. The number of ether oxygens (including phenoxy) is 1. The van der Waals surface area contributed by atoms with Crippen LogP contribution in [0, 0.1) is 10.1 Å². The second-order valence-corrected chi connectivity index (χ2v) is 4.62. The van der Waals surface area contributed by atoms with Gasteiger partial charge in [0.2, 0.25) is 0 Å². The molecule has 0 bridgehead atoms. The zero-order valence-electron chi connectivity index (χ0n) is 12.8. The third kappa shape index (κ3) is 4.07. The van der Waals surface area contributed by atoms with Crippen LogP contribution in [0.1, 0.15) is 22.8 Å². The van der Waals surface area contributed by atoms with Crippen molar-refractivity contribution in [2.75, 3.05) is 6.61 Å². The average Bonchev–Trinajstić information content (AvgIpc) is 2.58. The minimum atomic E-state index is -0.799. The number of hydrogen-bond acceptors (Lipinski definition) is 6. The number of hydrazone groups is 1. The van der Waals surface area contributed by atoms with Gasteiger partial charge in [0.05, 0.1) is 17.7 Å². The number of hydrogen-bond donors (Lipinski definition) is 1. The van der Waals surface area contributed by atoms with E-state index in [4.69, 9.17) is 4.74 Å². The van der Waals surface area contributed by atoms with E-state index in [1.807, 2.05) is 0 Å². The molecule has 0 radical (unpaired) electrons. The van der Waals surface area contributed by atoms with Gasteiger partial charge in [0, 0.05) is 22.9 Å². The van der Waals surface area contributed by atoms with Crippen LogP contribution >= 0.6 is 0 Å². The summed E-state index contributed by atoms with van der Waals surface area (Å²) in [5.41, 5.74) is 2.37. The van der Waals surface area contributed by atoms with Crippen LogP contribution in [-0.2, 0) is 0 Å². The van der Waals surface area contributed by atoms with Gasteiger partial charge in [-0.3, -0.25) is 14.9 Å². The van der Waals surface area contributed by atoms with E-state index in [1.165, 1.54) is 12.3 Å². The first-order chi connectivity index (χ1) is 11.5. The van der Waals surface area contributed by atoms with E-state index in [0.717, 1.165) is 6.07 Å². The van der Waals surface area contributed by atoms with Crippen LogP contribution in [0.15, 0.2) is 47.6 Å². The summed E-state index contributed by atoms with van der Waals surface area (Å²) in [5.74, 6) is -1.36. The number of benzene rings is 2. The first-order valence-corrected chi connectivity index (χ1v) is 7.03. The van der Waals surface area contributed by atoms with Crippen molar-refractivity contribution in [3.05, 3.63) is 63.7 Å². The number of rotatable bonds is 6.